The Morgan fingerprint density at radius 3 is 2.40 bits per heavy atom. The summed E-state index contributed by atoms with van der Waals surface area (Å²) in [5.74, 6) is 2.07. The number of rotatable bonds is 2. The molecule has 3 atom stereocenters. The molecule has 1 saturated carbocycles. The van der Waals surface area contributed by atoms with Gasteiger partial charge in [-0.15, -0.1) is 0 Å². The van der Waals surface area contributed by atoms with Crippen LogP contribution in [-0.2, 0) is 0 Å². The zero-order valence-electron chi connectivity index (χ0n) is 10.3. The number of aliphatic hydroxyl groups is 1. The highest BCUT2D eigenvalue weighted by molar-refractivity contribution is 4.96. The molecular formula is C13H25NO. The van der Waals surface area contributed by atoms with Gasteiger partial charge in [0.2, 0.25) is 0 Å². The third kappa shape index (κ3) is 2.54. The lowest BCUT2D eigenvalue weighted by Gasteiger charge is -2.42. The summed E-state index contributed by atoms with van der Waals surface area (Å²) in [5.41, 5.74) is 0.370. The van der Waals surface area contributed by atoms with Gasteiger partial charge in [-0.3, -0.25) is 0 Å². The summed E-state index contributed by atoms with van der Waals surface area (Å²) in [5, 5.41) is 13.2. The summed E-state index contributed by atoms with van der Waals surface area (Å²) in [6.07, 6.45) is 3.94. The zero-order valence-corrected chi connectivity index (χ0v) is 10.3. The van der Waals surface area contributed by atoms with Crippen LogP contribution < -0.4 is 5.32 Å². The number of piperidine rings is 1. The first-order valence-electron chi connectivity index (χ1n) is 6.36. The van der Waals surface area contributed by atoms with E-state index in [0.717, 1.165) is 12.5 Å². The van der Waals surface area contributed by atoms with E-state index in [9.17, 15) is 5.11 Å². The fourth-order valence-corrected chi connectivity index (χ4v) is 2.90. The lowest BCUT2D eigenvalue weighted by atomic mass is 9.71. The molecule has 1 saturated heterocycles. The molecule has 0 amide bonds. The van der Waals surface area contributed by atoms with Gasteiger partial charge < -0.3 is 10.4 Å². The highest BCUT2D eigenvalue weighted by Crippen LogP contribution is 2.42. The van der Waals surface area contributed by atoms with E-state index in [1.54, 1.807) is 0 Å². The molecule has 0 bridgehead atoms. The molecule has 0 radical (unpaired) electrons. The van der Waals surface area contributed by atoms with Gasteiger partial charge in [-0.25, -0.2) is 0 Å². The summed E-state index contributed by atoms with van der Waals surface area (Å²) in [4.78, 5) is 0. The van der Waals surface area contributed by atoms with Crippen molar-refractivity contribution in [1.82, 2.24) is 5.32 Å². The molecule has 1 aliphatic heterocycles. The normalized spacial score (nSPS) is 38.0. The first-order chi connectivity index (χ1) is 7.02. The minimum Gasteiger partial charge on any atom is -0.396 e. The fraction of sp³-hybridized carbons (Fsp3) is 1.00. The smallest absolute Gasteiger partial charge is 0.0474 e. The van der Waals surface area contributed by atoms with Crippen LogP contribution in [0.25, 0.3) is 0 Å². The Morgan fingerprint density at radius 2 is 1.93 bits per heavy atom. The summed E-state index contributed by atoms with van der Waals surface area (Å²) in [6.45, 7) is 8.43. The van der Waals surface area contributed by atoms with Gasteiger partial charge >= 0.3 is 0 Å². The standard InChI is InChI=1S/C13H25NO/c1-13(2,3)11-6-10(8-15)12(14-7-11)9-4-5-9/h9-12,14-15H,4-8H2,1-3H3. The lowest BCUT2D eigenvalue weighted by Crippen LogP contribution is -2.50. The van der Waals surface area contributed by atoms with Crippen LogP contribution in [0.3, 0.4) is 0 Å². The van der Waals surface area contributed by atoms with Crippen LogP contribution in [0.1, 0.15) is 40.0 Å². The Hall–Kier alpha value is -0.0800. The van der Waals surface area contributed by atoms with Gasteiger partial charge in [0.05, 0.1) is 0 Å². The minimum absolute atomic E-state index is 0.362. The lowest BCUT2D eigenvalue weighted by molar-refractivity contribution is 0.0763. The van der Waals surface area contributed by atoms with Gasteiger partial charge in [0.15, 0.2) is 0 Å². The maximum absolute atomic E-state index is 9.48. The van der Waals surface area contributed by atoms with E-state index in [1.807, 2.05) is 0 Å². The molecule has 2 N–H and O–H groups in total. The van der Waals surface area contributed by atoms with E-state index >= 15 is 0 Å². The highest BCUT2D eigenvalue weighted by Gasteiger charge is 2.41. The summed E-state index contributed by atoms with van der Waals surface area (Å²) < 4.78 is 0. The molecule has 2 heteroatoms. The van der Waals surface area contributed by atoms with Gasteiger partial charge in [0.25, 0.3) is 0 Å². The van der Waals surface area contributed by atoms with Crippen molar-refractivity contribution in [3.05, 3.63) is 0 Å². The van der Waals surface area contributed by atoms with Crippen LogP contribution in [0, 0.1) is 23.2 Å². The molecule has 0 aromatic carbocycles. The van der Waals surface area contributed by atoms with Crippen molar-refractivity contribution in [2.45, 2.75) is 46.1 Å². The first kappa shape index (κ1) is 11.4. The monoisotopic (exact) mass is 211 g/mol. The topological polar surface area (TPSA) is 32.3 Å². The van der Waals surface area contributed by atoms with Crippen molar-refractivity contribution in [2.24, 2.45) is 23.2 Å². The molecule has 2 aliphatic rings. The van der Waals surface area contributed by atoms with Crippen LogP contribution in [0.2, 0.25) is 0 Å². The predicted molar refractivity (Wildman–Crippen MR) is 62.7 cm³/mol. The van der Waals surface area contributed by atoms with E-state index in [-0.39, 0.29) is 0 Å². The van der Waals surface area contributed by atoms with Gasteiger partial charge in [0, 0.05) is 12.6 Å². The Labute approximate surface area is 93.5 Å². The Balaban J connectivity index is 1.96. The molecule has 1 aliphatic carbocycles. The Kier molecular flexibility index (Phi) is 3.09. The van der Waals surface area contributed by atoms with Gasteiger partial charge in [-0.05, 0) is 49.0 Å². The molecule has 15 heavy (non-hydrogen) atoms. The second-order valence-electron chi connectivity index (χ2n) is 6.51. The van der Waals surface area contributed by atoms with E-state index in [1.165, 1.54) is 19.3 Å². The number of hydrogen-bond acceptors (Lipinski definition) is 2. The van der Waals surface area contributed by atoms with Crippen LogP contribution >= 0.6 is 0 Å². The largest absolute Gasteiger partial charge is 0.396 e. The molecule has 0 aromatic rings. The summed E-state index contributed by atoms with van der Waals surface area (Å²) >= 11 is 0. The molecule has 0 aromatic heterocycles. The number of hydrogen-bond donors (Lipinski definition) is 2. The van der Waals surface area contributed by atoms with E-state index in [0.29, 0.717) is 29.9 Å². The Morgan fingerprint density at radius 1 is 1.27 bits per heavy atom. The SMILES string of the molecule is CC(C)(C)C1CNC(C2CC2)C(CO)C1. The number of aliphatic hydroxyl groups excluding tert-OH is 1. The van der Waals surface area contributed by atoms with Crippen LogP contribution in [-0.4, -0.2) is 24.3 Å². The second kappa shape index (κ2) is 4.06. The molecule has 1 heterocycles. The third-order valence-corrected chi connectivity index (χ3v) is 4.28. The molecule has 2 rings (SSSR count). The minimum atomic E-state index is 0.362. The molecule has 88 valence electrons. The van der Waals surface area contributed by atoms with Crippen LogP contribution in [0.5, 0.6) is 0 Å². The number of nitrogens with one attached hydrogen (secondary N) is 1. The second-order valence-corrected chi connectivity index (χ2v) is 6.51. The van der Waals surface area contributed by atoms with E-state index in [2.05, 4.69) is 26.1 Å². The maximum atomic E-state index is 9.48. The van der Waals surface area contributed by atoms with E-state index in [4.69, 9.17) is 0 Å². The maximum Gasteiger partial charge on any atom is 0.0474 e. The molecule has 3 unspecified atom stereocenters. The van der Waals surface area contributed by atoms with Crippen LogP contribution in [0.4, 0.5) is 0 Å². The third-order valence-electron chi connectivity index (χ3n) is 4.28. The quantitative estimate of drug-likeness (QED) is 0.732. The molecular weight excluding hydrogens is 186 g/mol. The average Bonchev–Trinajstić information content (AvgIpc) is 2.98. The van der Waals surface area contributed by atoms with E-state index < -0.39 is 0 Å². The average molecular weight is 211 g/mol. The zero-order chi connectivity index (χ0) is 11.1. The molecule has 2 nitrogen and oxygen atoms in total. The fourth-order valence-electron chi connectivity index (χ4n) is 2.90. The van der Waals surface area contributed by atoms with Gasteiger partial charge in [-0.2, -0.15) is 0 Å². The molecule has 0 spiro atoms. The van der Waals surface area contributed by atoms with Crippen molar-refractivity contribution in [3.8, 4) is 0 Å². The van der Waals surface area contributed by atoms with Crippen molar-refractivity contribution in [1.29, 1.82) is 0 Å². The summed E-state index contributed by atoms with van der Waals surface area (Å²) in [7, 11) is 0. The summed E-state index contributed by atoms with van der Waals surface area (Å²) in [6, 6.07) is 0.605. The first-order valence-corrected chi connectivity index (χ1v) is 6.36. The van der Waals surface area contributed by atoms with Crippen molar-refractivity contribution in [3.63, 3.8) is 0 Å². The van der Waals surface area contributed by atoms with Crippen molar-refractivity contribution in [2.75, 3.05) is 13.2 Å². The predicted octanol–water partition coefficient (Wildman–Crippen LogP) is 2.03. The Bertz CT molecular complexity index is 217. The van der Waals surface area contributed by atoms with Gasteiger partial charge in [0.1, 0.15) is 0 Å². The van der Waals surface area contributed by atoms with Gasteiger partial charge in [-0.1, -0.05) is 20.8 Å². The highest BCUT2D eigenvalue weighted by atomic mass is 16.3. The molecule has 2 fully saturated rings. The van der Waals surface area contributed by atoms with Crippen molar-refractivity contribution >= 4 is 0 Å². The van der Waals surface area contributed by atoms with Crippen LogP contribution in [0.15, 0.2) is 0 Å². The van der Waals surface area contributed by atoms with Crippen molar-refractivity contribution < 1.29 is 5.11 Å².